The maximum Gasteiger partial charge on any atom is 0.322 e. The fourth-order valence-corrected chi connectivity index (χ4v) is 2.02. The Bertz CT molecular complexity index is 556. The van der Waals surface area contributed by atoms with Gasteiger partial charge < -0.3 is 5.73 Å². The van der Waals surface area contributed by atoms with Crippen LogP contribution < -0.4 is 5.73 Å². The standard InChI is InChI=1S/C7H7N7O2S/c1-3-4(14(15)16)5(12-6(8)11-3)17-7-9-2-10-13-7/h2H,1H3,(H2,8,11,12)(H,9,10,13). The number of nitrogens with one attached hydrogen (secondary N) is 1. The van der Waals surface area contributed by atoms with Crippen LogP contribution >= 0.6 is 11.8 Å². The summed E-state index contributed by atoms with van der Waals surface area (Å²) in [7, 11) is 0. The number of anilines is 1. The Kier molecular flexibility index (Phi) is 2.87. The lowest BCUT2D eigenvalue weighted by molar-refractivity contribution is -0.389. The predicted octanol–water partition coefficient (Wildman–Crippen LogP) is 0.545. The highest BCUT2D eigenvalue weighted by Crippen LogP contribution is 2.32. The smallest absolute Gasteiger partial charge is 0.322 e. The van der Waals surface area contributed by atoms with Crippen molar-refractivity contribution in [1.82, 2.24) is 25.1 Å². The number of hydrogen-bond acceptors (Lipinski definition) is 8. The summed E-state index contributed by atoms with van der Waals surface area (Å²) in [4.78, 5) is 21.8. The number of aromatic amines is 1. The molecule has 17 heavy (non-hydrogen) atoms. The molecule has 0 aliphatic carbocycles. The van der Waals surface area contributed by atoms with Crippen molar-refractivity contribution >= 4 is 23.4 Å². The van der Waals surface area contributed by atoms with Gasteiger partial charge >= 0.3 is 5.69 Å². The molecule has 3 N–H and O–H groups in total. The second-order valence-corrected chi connectivity index (χ2v) is 3.95. The lowest BCUT2D eigenvalue weighted by Crippen LogP contribution is -2.04. The minimum atomic E-state index is -0.548. The van der Waals surface area contributed by atoms with E-state index >= 15 is 0 Å². The molecule has 2 aromatic heterocycles. The van der Waals surface area contributed by atoms with Gasteiger partial charge in [0.2, 0.25) is 5.95 Å². The molecule has 0 aliphatic heterocycles. The van der Waals surface area contributed by atoms with Crippen LogP contribution in [-0.4, -0.2) is 30.1 Å². The number of nitrogen functional groups attached to an aromatic ring is 1. The summed E-state index contributed by atoms with van der Waals surface area (Å²) in [6, 6.07) is 0. The van der Waals surface area contributed by atoms with Crippen molar-refractivity contribution in [3.8, 4) is 0 Å². The zero-order valence-corrected chi connectivity index (χ0v) is 9.43. The maximum atomic E-state index is 10.9. The van der Waals surface area contributed by atoms with Crippen LogP contribution in [0.1, 0.15) is 5.69 Å². The first-order valence-corrected chi connectivity index (χ1v) is 5.21. The fraction of sp³-hybridized carbons (Fsp3) is 0.143. The van der Waals surface area contributed by atoms with Crippen LogP contribution in [-0.2, 0) is 0 Å². The van der Waals surface area contributed by atoms with Gasteiger partial charge in [0, 0.05) is 0 Å². The molecule has 0 aromatic carbocycles. The van der Waals surface area contributed by atoms with Crippen molar-refractivity contribution in [2.24, 2.45) is 0 Å². The first-order chi connectivity index (χ1) is 8.08. The van der Waals surface area contributed by atoms with Crippen LogP contribution in [0.25, 0.3) is 0 Å². The van der Waals surface area contributed by atoms with Crippen LogP contribution in [0.15, 0.2) is 16.5 Å². The number of nitro groups is 1. The monoisotopic (exact) mass is 253 g/mol. The normalized spacial score (nSPS) is 10.4. The van der Waals surface area contributed by atoms with Crippen molar-refractivity contribution in [2.75, 3.05) is 5.73 Å². The molecule has 0 saturated heterocycles. The second-order valence-electron chi connectivity index (χ2n) is 2.97. The zero-order valence-electron chi connectivity index (χ0n) is 8.62. The Morgan fingerprint density at radius 2 is 2.29 bits per heavy atom. The van der Waals surface area contributed by atoms with Crippen LogP contribution in [0, 0.1) is 17.0 Å². The molecule has 0 saturated carbocycles. The molecular weight excluding hydrogens is 246 g/mol. The van der Waals surface area contributed by atoms with Crippen LogP contribution in [0.4, 0.5) is 11.6 Å². The zero-order chi connectivity index (χ0) is 12.4. The van der Waals surface area contributed by atoms with E-state index in [1.165, 1.54) is 13.3 Å². The van der Waals surface area contributed by atoms with Gasteiger partial charge in [-0.2, -0.15) is 10.1 Å². The summed E-state index contributed by atoms with van der Waals surface area (Å²) in [6.07, 6.45) is 1.30. The number of hydrogen-bond donors (Lipinski definition) is 2. The average Bonchev–Trinajstić information content (AvgIpc) is 2.68. The van der Waals surface area contributed by atoms with Crippen molar-refractivity contribution < 1.29 is 4.92 Å². The molecule has 0 radical (unpaired) electrons. The lowest BCUT2D eigenvalue weighted by atomic mass is 10.4. The van der Waals surface area contributed by atoms with Crippen molar-refractivity contribution in [1.29, 1.82) is 0 Å². The Balaban J connectivity index is 2.47. The Labute approximate surface area is 99.0 Å². The van der Waals surface area contributed by atoms with E-state index in [2.05, 4.69) is 25.1 Å². The van der Waals surface area contributed by atoms with Crippen molar-refractivity contribution in [3.05, 3.63) is 22.1 Å². The number of nitrogens with zero attached hydrogens (tertiary/aromatic N) is 5. The number of aromatic nitrogens is 5. The summed E-state index contributed by atoms with van der Waals surface area (Å²) in [5.41, 5.74) is 5.49. The lowest BCUT2D eigenvalue weighted by Gasteiger charge is -2.02. The summed E-state index contributed by atoms with van der Waals surface area (Å²) >= 11 is 0.976. The fourth-order valence-electron chi connectivity index (χ4n) is 1.18. The molecule has 2 aromatic rings. The maximum absolute atomic E-state index is 10.9. The predicted molar refractivity (Wildman–Crippen MR) is 58.3 cm³/mol. The molecule has 0 fully saturated rings. The van der Waals surface area contributed by atoms with Gasteiger partial charge in [-0.05, 0) is 18.7 Å². The molecule has 0 atom stereocenters. The minimum absolute atomic E-state index is 0.0184. The topological polar surface area (TPSA) is 137 Å². The van der Waals surface area contributed by atoms with E-state index in [0.29, 0.717) is 5.16 Å². The average molecular weight is 253 g/mol. The molecule has 0 spiro atoms. The number of H-pyrrole nitrogens is 1. The molecule has 88 valence electrons. The third-order valence-corrected chi connectivity index (χ3v) is 2.68. The van der Waals surface area contributed by atoms with E-state index in [1.807, 2.05) is 0 Å². The van der Waals surface area contributed by atoms with Gasteiger partial charge in [-0.25, -0.2) is 9.97 Å². The third-order valence-electron chi connectivity index (χ3n) is 1.81. The van der Waals surface area contributed by atoms with Crippen LogP contribution in [0.2, 0.25) is 0 Å². The van der Waals surface area contributed by atoms with Crippen molar-refractivity contribution in [2.45, 2.75) is 17.1 Å². The highest BCUT2D eigenvalue weighted by molar-refractivity contribution is 7.99. The summed E-state index contributed by atoms with van der Waals surface area (Å²) in [5.74, 6) is -0.0184. The SMILES string of the molecule is Cc1nc(N)nc(Sc2ncn[nH]2)c1[N+](=O)[O-]. The second kappa shape index (κ2) is 4.33. The molecular formula is C7H7N7O2S. The van der Waals surface area contributed by atoms with Gasteiger partial charge in [0.25, 0.3) is 0 Å². The van der Waals surface area contributed by atoms with Gasteiger partial charge in [-0.1, -0.05) is 0 Å². The van der Waals surface area contributed by atoms with E-state index in [-0.39, 0.29) is 22.4 Å². The highest BCUT2D eigenvalue weighted by atomic mass is 32.2. The minimum Gasteiger partial charge on any atom is -0.368 e. The van der Waals surface area contributed by atoms with E-state index in [0.717, 1.165) is 11.8 Å². The van der Waals surface area contributed by atoms with E-state index in [1.54, 1.807) is 0 Å². The largest absolute Gasteiger partial charge is 0.368 e. The Hall–Kier alpha value is -2.23. The molecule has 10 heteroatoms. The first-order valence-electron chi connectivity index (χ1n) is 4.39. The molecule has 2 heterocycles. The van der Waals surface area contributed by atoms with Gasteiger partial charge in [0.05, 0.1) is 4.92 Å². The Morgan fingerprint density at radius 3 is 2.88 bits per heavy atom. The van der Waals surface area contributed by atoms with E-state index in [4.69, 9.17) is 5.73 Å². The van der Waals surface area contributed by atoms with Gasteiger partial charge in [-0.3, -0.25) is 15.2 Å². The summed E-state index contributed by atoms with van der Waals surface area (Å²) in [6.45, 7) is 1.50. The van der Waals surface area contributed by atoms with Gasteiger partial charge in [0.1, 0.15) is 12.0 Å². The molecule has 0 bridgehead atoms. The molecule has 9 nitrogen and oxygen atoms in total. The van der Waals surface area contributed by atoms with Gasteiger partial charge in [0.15, 0.2) is 10.2 Å². The first kappa shape index (κ1) is 11.3. The summed E-state index contributed by atoms with van der Waals surface area (Å²) in [5, 5.41) is 17.6. The molecule has 0 unspecified atom stereocenters. The van der Waals surface area contributed by atoms with Crippen molar-refractivity contribution in [3.63, 3.8) is 0 Å². The van der Waals surface area contributed by atoms with Crippen LogP contribution in [0.5, 0.6) is 0 Å². The third kappa shape index (κ3) is 2.30. The molecule has 2 rings (SSSR count). The highest BCUT2D eigenvalue weighted by Gasteiger charge is 2.23. The number of rotatable bonds is 3. The summed E-state index contributed by atoms with van der Waals surface area (Å²) < 4.78 is 0. The van der Waals surface area contributed by atoms with Gasteiger partial charge in [-0.15, -0.1) is 0 Å². The number of nitrogens with two attached hydrogens (primary N) is 1. The van der Waals surface area contributed by atoms with E-state index < -0.39 is 4.92 Å². The Morgan fingerprint density at radius 1 is 1.53 bits per heavy atom. The van der Waals surface area contributed by atoms with Crippen LogP contribution in [0.3, 0.4) is 0 Å². The van der Waals surface area contributed by atoms with E-state index in [9.17, 15) is 10.1 Å². The quantitative estimate of drug-likeness (QED) is 0.459. The number of aryl methyl sites for hydroxylation is 1. The molecule has 0 amide bonds. The molecule has 0 aliphatic rings.